The van der Waals surface area contributed by atoms with Crippen molar-refractivity contribution in [2.24, 2.45) is 5.92 Å². The summed E-state index contributed by atoms with van der Waals surface area (Å²) in [6.07, 6.45) is 0. The quantitative estimate of drug-likeness (QED) is 0.842. The molecule has 1 aliphatic heterocycles. The number of rotatable bonds is 6. The van der Waals surface area contributed by atoms with Crippen LogP contribution in [-0.4, -0.2) is 62.1 Å². The maximum absolute atomic E-state index is 12.2. The highest BCUT2D eigenvalue weighted by Gasteiger charge is 2.21. The number of piperazine rings is 1. The maximum Gasteiger partial charge on any atom is 0.315 e. The molecule has 0 spiro atoms. The SMILES string of the molecule is CC(C)CNC(=O)NC(CN1CCN(C)CC1)c1ccccc1. The van der Waals surface area contributed by atoms with Gasteiger partial charge >= 0.3 is 6.03 Å². The van der Waals surface area contributed by atoms with Crippen LogP contribution in [0.3, 0.4) is 0 Å². The van der Waals surface area contributed by atoms with Crippen LogP contribution in [0.5, 0.6) is 0 Å². The fraction of sp³-hybridized carbons (Fsp3) is 0.611. The predicted octanol–water partition coefficient (Wildman–Crippen LogP) is 1.93. The van der Waals surface area contributed by atoms with E-state index in [1.165, 1.54) is 0 Å². The summed E-state index contributed by atoms with van der Waals surface area (Å²) in [6.45, 7) is 10.0. The molecule has 0 bridgehead atoms. The second-order valence-corrected chi connectivity index (χ2v) is 6.82. The molecule has 2 rings (SSSR count). The third kappa shape index (κ3) is 6.20. The summed E-state index contributed by atoms with van der Waals surface area (Å²) in [6, 6.07) is 10.2. The molecular formula is C18H30N4O. The number of hydrogen-bond donors (Lipinski definition) is 2. The third-order valence-corrected chi connectivity index (χ3v) is 4.21. The lowest BCUT2D eigenvalue weighted by Crippen LogP contribution is -2.49. The van der Waals surface area contributed by atoms with Gasteiger partial charge in [0.2, 0.25) is 0 Å². The topological polar surface area (TPSA) is 47.6 Å². The van der Waals surface area contributed by atoms with Gasteiger partial charge in [-0.2, -0.15) is 0 Å². The van der Waals surface area contributed by atoms with Crippen LogP contribution in [0.4, 0.5) is 4.79 Å². The lowest BCUT2D eigenvalue weighted by molar-refractivity contribution is 0.142. The van der Waals surface area contributed by atoms with Gasteiger partial charge in [-0.15, -0.1) is 0 Å². The summed E-state index contributed by atoms with van der Waals surface area (Å²) in [5.41, 5.74) is 1.16. The van der Waals surface area contributed by atoms with Gasteiger partial charge < -0.3 is 15.5 Å². The number of carbonyl (C=O) groups is 1. The molecule has 5 nitrogen and oxygen atoms in total. The van der Waals surface area contributed by atoms with Crippen molar-refractivity contribution in [3.63, 3.8) is 0 Å². The Morgan fingerprint density at radius 3 is 2.39 bits per heavy atom. The fourth-order valence-electron chi connectivity index (χ4n) is 2.71. The normalized spacial score (nSPS) is 17.9. The minimum absolute atomic E-state index is 0.0202. The Hall–Kier alpha value is -1.59. The van der Waals surface area contributed by atoms with Gasteiger partial charge in [0.15, 0.2) is 0 Å². The number of benzene rings is 1. The average molecular weight is 318 g/mol. The summed E-state index contributed by atoms with van der Waals surface area (Å²) in [4.78, 5) is 17.0. The molecule has 2 amide bonds. The second kappa shape index (κ2) is 8.89. The third-order valence-electron chi connectivity index (χ3n) is 4.21. The van der Waals surface area contributed by atoms with Crippen molar-refractivity contribution in [3.8, 4) is 0 Å². The monoisotopic (exact) mass is 318 g/mol. The van der Waals surface area contributed by atoms with E-state index < -0.39 is 0 Å². The van der Waals surface area contributed by atoms with E-state index in [0.717, 1.165) is 38.3 Å². The highest BCUT2D eigenvalue weighted by molar-refractivity contribution is 5.74. The Balaban J connectivity index is 1.96. The molecule has 1 atom stereocenters. The summed E-state index contributed by atoms with van der Waals surface area (Å²) < 4.78 is 0. The summed E-state index contributed by atoms with van der Waals surface area (Å²) >= 11 is 0. The largest absolute Gasteiger partial charge is 0.338 e. The Bertz CT molecular complexity index is 469. The van der Waals surface area contributed by atoms with Crippen LogP contribution in [0.2, 0.25) is 0 Å². The van der Waals surface area contributed by atoms with Crippen LogP contribution in [0.25, 0.3) is 0 Å². The lowest BCUT2D eigenvalue weighted by Gasteiger charge is -2.35. The van der Waals surface area contributed by atoms with Crippen molar-refractivity contribution in [2.75, 3.05) is 46.3 Å². The van der Waals surface area contributed by atoms with Gasteiger partial charge in [0.1, 0.15) is 0 Å². The minimum Gasteiger partial charge on any atom is -0.338 e. The van der Waals surface area contributed by atoms with Crippen molar-refractivity contribution < 1.29 is 4.79 Å². The molecule has 0 aliphatic carbocycles. The van der Waals surface area contributed by atoms with Gasteiger partial charge in [0.25, 0.3) is 0 Å². The highest BCUT2D eigenvalue weighted by atomic mass is 16.2. The van der Waals surface area contributed by atoms with E-state index in [9.17, 15) is 4.79 Å². The molecule has 1 unspecified atom stereocenters. The van der Waals surface area contributed by atoms with Crippen molar-refractivity contribution in [3.05, 3.63) is 35.9 Å². The van der Waals surface area contributed by atoms with Gasteiger partial charge in [0.05, 0.1) is 6.04 Å². The summed E-state index contributed by atoms with van der Waals surface area (Å²) in [7, 11) is 2.16. The molecule has 0 saturated carbocycles. The zero-order valence-electron chi connectivity index (χ0n) is 14.6. The van der Waals surface area contributed by atoms with E-state index in [2.05, 4.69) is 53.5 Å². The zero-order chi connectivity index (χ0) is 16.7. The van der Waals surface area contributed by atoms with Crippen molar-refractivity contribution in [2.45, 2.75) is 19.9 Å². The molecule has 1 aromatic rings. The van der Waals surface area contributed by atoms with E-state index in [1.54, 1.807) is 0 Å². The molecule has 0 radical (unpaired) electrons. The minimum atomic E-state index is -0.0818. The first-order valence-corrected chi connectivity index (χ1v) is 8.55. The molecule has 2 N–H and O–H groups in total. The van der Waals surface area contributed by atoms with E-state index in [1.807, 2.05) is 18.2 Å². The van der Waals surface area contributed by atoms with Gasteiger partial charge in [-0.3, -0.25) is 4.90 Å². The molecule has 1 fully saturated rings. The van der Waals surface area contributed by atoms with Gasteiger partial charge in [-0.1, -0.05) is 44.2 Å². The summed E-state index contributed by atoms with van der Waals surface area (Å²) in [5.74, 6) is 0.452. The van der Waals surface area contributed by atoms with E-state index >= 15 is 0 Å². The smallest absolute Gasteiger partial charge is 0.315 e. The van der Waals surface area contributed by atoms with Crippen LogP contribution in [0, 0.1) is 5.92 Å². The molecule has 128 valence electrons. The van der Waals surface area contributed by atoms with Crippen LogP contribution in [0.15, 0.2) is 30.3 Å². The molecular weight excluding hydrogens is 288 g/mol. The standard InChI is InChI=1S/C18H30N4O/c1-15(2)13-19-18(23)20-17(16-7-5-4-6-8-16)14-22-11-9-21(3)10-12-22/h4-8,15,17H,9-14H2,1-3H3,(H2,19,20,23). The summed E-state index contributed by atoms with van der Waals surface area (Å²) in [5, 5.41) is 6.09. The van der Waals surface area contributed by atoms with Crippen LogP contribution in [-0.2, 0) is 0 Å². The number of carbonyl (C=O) groups excluding carboxylic acids is 1. The average Bonchev–Trinajstić information content (AvgIpc) is 2.55. The molecule has 0 aromatic heterocycles. The van der Waals surface area contributed by atoms with Crippen molar-refractivity contribution in [1.82, 2.24) is 20.4 Å². The predicted molar refractivity (Wildman–Crippen MR) is 94.5 cm³/mol. The van der Waals surface area contributed by atoms with Gasteiger partial charge in [-0.25, -0.2) is 4.79 Å². The van der Waals surface area contributed by atoms with E-state index in [4.69, 9.17) is 0 Å². The fourth-order valence-corrected chi connectivity index (χ4v) is 2.71. The Kier molecular flexibility index (Phi) is 6.86. The molecule has 1 heterocycles. The maximum atomic E-state index is 12.2. The van der Waals surface area contributed by atoms with Crippen LogP contribution < -0.4 is 10.6 Å². The Labute approximate surface area is 140 Å². The van der Waals surface area contributed by atoms with Crippen molar-refractivity contribution in [1.29, 1.82) is 0 Å². The number of urea groups is 1. The van der Waals surface area contributed by atoms with E-state index in [0.29, 0.717) is 12.5 Å². The first kappa shape index (κ1) is 17.8. The Morgan fingerprint density at radius 2 is 1.78 bits per heavy atom. The second-order valence-electron chi connectivity index (χ2n) is 6.82. The first-order chi connectivity index (χ1) is 11.0. The number of hydrogen-bond acceptors (Lipinski definition) is 3. The number of nitrogens with one attached hydrogen (secondary N) is 2. The molecule has 23 heavy (non-hydrogen) atoms. The van der Waals surface area contributed by atoms with Crippen molar-refractivity contribution >= 4 is 6.03 Å². The lowest BCUT2D eigenvalue weighted by atomic mass is 10.1. The van der Waals surface area contributed by atoms with Gasteiger partial charge in [-0.05, 0) is 18.5 Å². The molecule has 1 aliphatic rings. The first-order valence-electron chi connectivity index (χ1n) is 8.55. The van der Waals surface area contributed by atoms with Gasteiger partial charge in [0, 0.05) is 39.3 Å². The number of amides is 2. The number of nitrogens with zero attached hydrogens (tertiary/aromatic N) is 2. The molecule has 5 heteroatoms. The number of likely N-dealkylation sites (N-methyl/N-ethyl adjacent to an activating group) is 1. The zero-order valence-corrected chi connectivity index (χ0v) is 14.6. The molecule has 1 saturated heterocycles. The highest BCUT2D eigenvalue weighted by Crippen LogP contribution is 2.15. The van der Waals surface area contributed by atoms with E-state index in [-0.39, 0.29) is 12.1 Å². The van der Waals surface area contributed by atoms with Crippen LogP contribution in [0.1, 0.15) is 25.5 Å². The van der Waals surface area contributed by atoms with Crippen LogP contribution >= 0.6 is 0 Å². The Morgan fingerprint density at radius 1 is 1.13 bits per heavy atom. The molecule has 1 aromatic carbocycles.